The van der Waals surface area contributed by atoms with Gasteiger partial charge in [0, 0.05) is 6.42 Å². The Bertz CT molecular complexity index is 523. The van der Waals surface area contributed by atoms with Crippen LogP contribution in [0.1, 0.15) is 34.1 Å². The van der Waals surface area contributed by atoms with Gasteiger partial charge < -0.3 is 9.47 Å². The summed E-state index contributed by atoms with van der Waals surface area (Å²) in [4.78, 5) is 25.3. The van der Waals surface area contributed by atoms with Crippen LogP contribution in [-0.4, -0.2) is 62.5 Å². The number of hydrogen-bond acceptors (Lipinski definition) is 7. The van der Waals surface area contributed by atoms with Gasteiger partial charge in [-0.15, -0.1) is 0 Å². The number of carbonyl (C=O) groups excluding carboxylic acids is 2. The van der Waals surface area contributed by atoms with Gasteiger partial charge in [0.05, 0.1) is 25.5 Å². The molecule has 1 saturated heterocycles. The van der Waals surface area contributed by atoms with Crippen LogP contribution in [0.4, 0.5) is 4.79 Å². The summed E-state index contributed by atoms with van der Waals surface area (Å²) in [7, 11) is -3.68. The Hall–Kier alpha value is -1.35. The first-order valence-corrected chi connectivity index (χ1v) is 8.79. The van der Waals surface area contributed by atoms with E-state index in [0.29, 0.717) is 0 Å². The Balaban J connectivity index is 2.89. The minimum atomic E-state index is -3.68. The minimum Gasteiger partial charge on any atom is -0.464 e. The topological polar surface area (TPSA) is 99.2 Å². The molecule has 22 heavy (non-hydrogen) atoms. The molecule has 128 valence electrons. The molecule has 0 radical (unpaired) electrons. The molecule has 0 saturated carbocycles. The van der Waals surface area contributed by atoms with E-state index in [2.05, 4.69) is 0 Å². The summed E-state index contributed by atoms with van der Waals surface area (Å²) in [6.07, 6.45) is -0.532. The van der Waals surface area contributed by atoms with Gasteiger partial charge in [-0.1, -0.05) is 0 Å². The van der Waals surface area contributed by atoms with Crippen molar-refractivity contribution in [1.82, 2.24) is 4.90 Å². The van der Waals surface area contributed by atoms with Gasteiger partial charge in [0.15, 0.2) is 0 Å². The number of hydrogen-bond donors (Lipinski definition) is 0. The number of amides is 1. The van der Waals surface area contributed by atoms with Crippen molar-refractivity contribution < 1.29 is 31.7 Å². The summed E-state index contributed by atoms with van der Waals surface area (Å²) in [6.45, 7) is 6.86. The van der Waals surface area contributed by atoms with Gasteiger partial charge in [0.2, 0.25) is 0 Å². The molecule has 2 atom stereocenters. The van der Waals surface area contributed by atoms with Gasteiger partial charge in [-0.25, -0.2) is 9.59 Å². The van der Waals surface area contributed by atoms with Crippen LogP contribution in [0.25, 0.3) is 0 Å². The van der Waals surface area contributed by atoms with E-state index in [-0.39, 0.29) is 19.6 Å². The number of esters is 1. The minimum absolute atomic E-state index is 0.0468. The zero-order valence-corrected chi connectivity index (χ0v) is 14.3. The Morgan fingerprint density at radius 2 is 1.86 bits per heavy atom. The third kappa shape index (κ3) is 5.80. The number of ether oxygens (including phenoxy) is 2. The van der Waals surface area contributed by atoms with Crippen molar-refractivity contribution in [1.29, 1.82) is 0 Å². The number of rotatable bonds is 4. The second-order valence-electron chi connectivity index (χ2n) is 6.06. The number of likely N-dealkylation sites (tertiary alicyclic amines) is 1. The molecule has 0 aromatic carbocycles. The maximum absolute atomic E-state index is 12.2. The van der Waals surface area contributed by atoms with E-state index in [0.717, 1.165) is 11.2 Å². The Morgan fingerprint density at radius 1 is 1.27 bits per heavy atom. The molecular weight excluding hydrogens is 314 g/mol. The second-order valence-corrected chi connectivity index (χ2v) is 7.66. The van der Waals surface area contributed by atoms with Gasteiger partial charge in [-0.2, -0.15) is 8.42 Å². The average molecular weight is 337 g/mol. The van der Waals surface area contributed by atoms with Crippen LogP contribution in [0.2, 0.25) is 0 Å². The van der Waals surface area contributed by atoms with Gasteiger partial charge >= 0.3 is 12.1 Å². The highest BCUT2D eigenvalue weighted by Gasteiger charge is 2.43. The van der Waals surface area contributed by atoms with Gasteiger partial charge in [0.25, 0.3) is 10.1 Å². The van der Waals surface area contributed by atoms with Crippen LogP contribution in [0, 0.1) is 0 Å². The lowest BCUT2D eigenvalue weighted by molar-refractivity contribution is -0.148. The molecule has 0 aromatic rings. The molecule has 1 aliphatic rings. The van der Waals surface area contributed by atoms with Gasteiger partial charge in [0.1, 0.15) is 11.6 Å². The first kappa shape index (κ1) is 18.7. The van der Waals surface area contributed by atoms with E-state index in [1.807, 2.05) is 0 Å². The quantitative estimate of drug-likeness (QED) is 0.555. The smallest absolute Gasteiger partial charge is 0.411 e. The molecule has 8 nitrogen and oxygen atoms in total. The van der Waals surface area contributed by atoms with Crippen LogP contribution in [0.3, 0.4) is 0 Å². The van der Waals surface area contributed by atoms with Crippen LogP contribution in [0.15, 0.2) is 0 Å². The fourth-order valence-electron chi connectivity index (χ4n) is 2.10. The molecule has 1 aliphatic heterocycles. The second kappa shape index (κ2) is 6.82. The van der Waals surface area contributed by atoms with E-state index >= 15 is 0 Å². The molecule has 1 fully saturated rings. The number of nitrogens with zero attached hydrogens (tertiary/aromatic N) is 1. The van der Waals surface area contributed by atoms with Crippen molar-refractivity contribution in [3.63, 3.8) is 0 Å². The predicted octanol–water partition coefficient (Wildman–Crippen LogP) is 0.904. The summed E-state index contributed by atoms with van der Waals surface area (Å²) in [6, 6.07) is -0.915. The highest BCUT2D eigenvalue weighted by molar-refractivity contribution is 7.86. The van der Waals surface area contributed by atoms with Crippen molar-refractivity contribution in [3.8, 4) is 0 Å². The lowest BCUT2D eigenvalue weighted by atomic mass is 10.2. The monoisotopic (exact) mass is 337 g/mol. The van der Waals surface area contributed by atoms with Crippen molar-refractivity contribution in [2.24, 2.45) is 0 Å². The van der Waals surface area contributed by atoms with Crippen molar-refractivity contribution in [2.75, 3.05) is 19.4 Å². The first-order valence-electron chi connectivity index (χ1n) is 6.97. The fraction of sp³-hybridized carbons (Fsp3) is 0.846. The largest absolute Gasteiger partial charge is 0.464 e. The molecule has 1 amide bonds. The molecule has 9 heteroatoms. The summed E-state index contributed by atoms with van der Waals surface area (Å²) in [5.41, 5.74) is -0.730. The molecule has 0 aromatic heterocycles. The van der Waals surface area contributed by atoms with Gasteiger partial charge in [-0.05, 0) is 27.7 Å². The molecule has 0 unspecified atom stereocenters. The molecule has 0 aliphatic carbocycles. The third-order valence-electron chi connectivity index (χ3n) is 2.76. The maximum Gasteiger partial charge on any atom is 0.411 e. The summed E-state index contributed by atoms with van der Waals surface area (Å²) >= 11 is 0. The standard InChI is InChI=1S/C13H23NO7S/c1-6-19-11(15)10-7-9(21-22(5,17)18)8-14(10)12(16)20-13(2,3)4/h9-10H,6-8H2,1-5H3/t9-,10-/m0/s1. The van der Waals surface area contributed by atoms with Crippen molar-refractivity contribution in [3.05, 3.63) is 0 Å². The predicted molar refractivity (Wildman–Crippen MR) is 77.7 cm³/mol. The van der Waals surface area contributed by atoms with E-state index in [1.165, 1.54) is 0 Å². The van der Waals surface area contributed by atoms with Crippen molar-refractivity contribution in [2.45, 2.75) is 51.9 Å². The molecule has 0 bridgehead atoms. The third-order valence-corrected chi connectivity index (χ3v) is 3.38. The highest BCUT2D eigenvalue weighted by Crippen LogP contribution is 2.25. The zero-order valence-electron chi connectivity index (χ0n) is 13.5. The lowest BCUT2D eigenvalue weighted by Crippen LogP contribution is -2.44. The first-order chi connectivity index (χ1) is 9.93. The molecular formula is C13H23NO7S. The van der Waals surface area contributed by atoms with Crippen LogP contribution in [0.5, 0.6) is 0 Å². The van der Waals surface area contributed by atoms with E-state index in [9.17, 15) is 18.0 Å². The molecule has 0 N–H and O–H groups in total. The maximum atomic E-state index is 12.2. The van der Waals surface area contributed by atoms with E-state index < -0.39 is 39.9 Å². The Kier molecular flexibility index (Phi) is 5.80. The average Bonchev–Trinajstić information content (AvgIpc) is 2.68. The summed E-state index contributed by atoms with van der Waals surface area (Å²) < 4.78 is 37.5. The van der Waals surface area contributed by atoms with Crippen LogP contribution in [-0.2, 0) is 28.6 Å². The molecule has 1 rings (SSSR count). The lowest BCUT2D eigenvalue weighted by Gasteiger charge is -2.27. The normalized spacial score (nSPS) is 22.5. The zero-order chi connectivity index (χ0) is 17.1. The summed E-state index contributed by atoms with van der Waals surface area (Å²) in [5.74, 6) is -0.604. The fourth-order valence-corrected chi connectivity index (χ4v) is 2.73. The van der Waals surface area contributed by atoms with E-state index in [1.54, 1.807) is 27.7 Å². The molecule has 1 heterocycles. The Labute approximate surface area is 130 Å². The number of carbonyl (C=O) groups is 2. The SMILES string of the molecule is CCOC(=O)[C@@H]1C[C@H](OS(C)(=O)=O)CN1C(=O)OC(C)(C)C. The van der Waals surface area contributed by atoms with E-state index in [4.69, 9.17) is 13.7 Å². The van der Waals surface area contributed by atoms with Gasteiger partial charge in [-0.3, -0.25) is 9.08 Å². The highest BCUT2D eigenvalue weighted by atomic mass is 32.2. The molecule has 0 spiro atoms. The van der Waals surface area contributed by atoms with Crippen molar-refractivity contribution >= 4 is 22.2 Å². The van der Waals surface area contributed by atoms with Crippen LogP contribution >= 0.6 is 0 Å². The Morgan fingerprint density at radius 3 is 2.32 bits per heavy atom. The van der Waals surface area contributed by atoms with Crippen LogP contribution < -0.4 is 0 Å². The summed E-state index contributed by atoms with van der Waals surface area (Å²) in [5, 5.41) is 0.